The summed E-state index contributed by atoms with van der Waals surface area (Å²) in [6.45, 7) is 3.94. The number of hydrogen-bond donors (Lipinski definition) is 2. The van der Waals surface area contributed by atoms with E-state index in [0.717, 1.165) is 23.2 Å². The zero-order valence-corrected chi connectivity index (χ0v) is 16.8. The number of nitrogens with one attached hydrogen (secondary N) is 2. The maximum atomic E-state index is 13.1. The van der Waals surface area contributed by atoms with Gasteiger partial charge in [0, 0.05) is 16.3 Å². The van der Waals surface area contributed by atoms with Crippen molar-refractivity contribution in [3.63, 3.8) is 0 Å². The molecule has 3 rings (SSSR count). The molecule has 148 valence electrons. The Balaban J connectivity index is 1.89. The Morgan fingerprint density at radius 3 is 2.38 bits per heavy atom. The predicted molar refractivity (Wildman–Crippen MR) is 114 cm³/mol. The fraction of sp³-hybridized carbons (Fsp3) is 0.130. The molecule has 2 amide bonds. The van der Waals surface area contributed by atoms with Crippen molar-refractivity contribution in [3.8, 4) is 0 Å². The minimum atomic E-state index is -0.466. The largest absolute Gasteiger partial charge is 0.321 e. The molecule has 0 spiro atoms. The highest BCUT2D eigenvalue weighted by Crippen LogP contribution is 2.26. The van der Waals surface area contributed by atoms with Crippen molar-refractivity contribution >= 4 is 34.8 Å². The summed E-state index contributed by atoms with van der Waals surface area (Å²) in [5, 5.41) is 6.01. The van der Waals surface area contributed by atoms with Crippen LogP contribution in [0.15, 0.2) is 60.7 Å². The summed E-state index contributed by atoms with van der Waals surface area (Å²) in [6, 6.07) is 15.6. The van der Waals surface area contributed by atoms with Crippen LogP contribution in [-0.2, 0) is 6.42 Å². The van der Waals surface area contributed by atoms with E-state index in [1.54, 1.807) is 12.1 Å². The minimum Gasteiger partial charge on any atom is -0.321 e. The van der Waals surface area contributed by atoms with Crippen LogP contribution in [0.5, 0.6) is 0 Å². The van der Waals surface area contributed by atoms with Gasteiger partial charge in [-0.25, -0.2) is 4.39 Å². The summed E-state index contributed by atoms with van der Waals surface area (Å²) in [7, 11) is 0. The van der Waals surface area contributed by atoms with Crippen molar-refractivity contribution in [1.29, 1.82) is 0 Å². The molecule has 0 aliphatic carbocycles. The molecule has 6 heteroatoms. The third-order valence-corrected chi connectivity index (χ3v) is 4.79. The molecule has 0 saturated heterocycles. The monoisotopic (exact) mass is 410 g/mol. The molecule has 3 aromatic carbocycles. The number of benzene rings is 3. The third kappa shape index (κ3) is 4.81. The van der Waals surface area contributed by atoms with E-state index in [9.17, 15) is 14.0 Å². The Kier molecular flexibility index (Phi) is 6.29. The van der Waals surface area contributed by atoms with Gasteiger partial charge >= 0.3 is 0 Å². The molecule has 0 fully saturated rings. The van der Waals surface area contributed by atoms with Crippen molar-refractivity contribution in [3.05, 3.63) is 93.8 Å². The standard InChI is InChI=1S/C23H20ClFN2O2/c1-3-15-6-4-5-14(2)21(15)27-23(29)19-12-9-17(24)13-20(19)26-22(28)16-7-10-18(25)11-8-16/h4-13H,3H2,1-2H3,(H,26,28)(H,27,29). The number of carbonyl (C=O) groups is 2. The van der Waals surface area contributed by atoms with Crippen molar-refractivity contribution in [2.45, 2.75) is 20.3 Å². The molecule has 0 aliphatic heterocycles. The number of anilines is 2. The number of hydrogen-bond acceptors (Lipinski definition) is 2. The van der Waals surface area contributed by atoms with Crippen molar-refractivity contribution in [2.24, 2.45) is 0 Å². The van der Waals surface area contributed by atoms with Crippen LogP contribution in [0.4, 0.5) is 15.8 Å². The van der Waals surface area contributed by atoms with Crippen LogP contribution in [0.2, 0.25) is 5.02 Å². The van der Waals surface area contributed by atoms with Crippen LogP contribution < -0.4 is 10.6 Å². The van der Waals surface area contributed by atoms with E-state index in [1.807, 2.05) is 32.0 Å². The van der Waals surface area contributed by atoms with E-state index in [-0.39, 0.29) is 22.7 Å². The van der Waals surface area contributed by atoms with Gasteiger partial charge in [-0.1, -0.05) is 36.7 Å². The Hall–Kier alpha value is -3.18. The first-order valence-corrected chi connectivity index (χ1v) is 9.53. The molecule has 0 aliphatic rings. The number of aryl methyl sites for hydroxylation is 2. The first-order chi connectivity index (χ1) is 13.9. The summed E-state index contributed by atoms with van der Waals surface area (Å²) in [5.41, 5.74) is 3.54. The van der Waals surface area contributed by atoms with Gasteiger partial charge in [0.15, 0.2) is 0 Å². The number of amides is 2. The number of halogens is 2. The van der Waals surface area contributed by atoms with Crippen LogP contribution >= 0.6 is 11.6 Å². The van der Waals surface area contributed by atoms with Crippen LogP contribution in [0.3, 0.4) is 0 Å². The third-order valence-electron chi connectivity index (χ3n) is 4.56. The first kappa shape index (κ1) is 20.6. The second kappa shape index (κ2) is 8.88. The lowest BCUT2D eigenvalue weighted by molar-refractivity contribution is 0.102. The van der Waals surface area contributed by atoms with E-state index >= 15 is 0 Å². The molecule has 0 atom stereocenters. The highest BCUT2D eigenvalue weighted by atomic mass is 35.5. The summed E-state index contributed by atoms with van der Waals surface area (Å²) < 4.78 is 13.1. The van der Waals surface area contributed by atoms with E-state index < -0.39 is 11.7 Å². The maximum Gasteiger partial charge on any atom is 0.257 e. The number of carbonyl (C=O) groups excluding carboxylic acids is 2. The highest BCUT2D eigenvalue weighted by molar-refractivity contribution is 6.31. The SMILES string of the molecule is CCc1cccc(C)c1NC(=O)c1ccc(Cl)cc1NC(=O)c1ccc(F)cc1. The van der Waals surface area contributed by atoms with Gasteiger partial charge in [0.2, 0.25) is 0 Å². The molecule has 4 nitrogen and oxygen atoms in total. The predicted octanol–water partition coefficient (Wildman–Crippen LogP) is 5.85. The molecule has 2 N–H and O–H groups in total. The van der Waals surface area contributed by atoms with Crippen LogP contribution in [0, 0.1) is 12.7 Å². The topological polar surface area (TPSA) is 58.2 Å². The van der Waals surface area contributed by atoms with Gasteiger partial charge in [-0.3, -0.25) is 9.59 Å². The lowest BCUT2D eigenvalue weighted by atomic mass is 10.0. The maximum absolute atomic E-state index is 13.1. The lowest BCUT2D eigenvalue weighted by Crippen LogP contribution is -2.19. The smallest absolute Gasteiger partial charge is 0.257 e. The second-order valence-electron chi connectivity index (χ2n) is 6.57. The molecule has 0 unspecified atom stereocenters. The van der Waals surface area contributed by atoms with E-state index in [0.29, 0.717) is 5.02 Å². The van der Waals surface area contributed by atoms with Crippen LogP contribution in [0.1, 0.15) is 38.8 Å². The minimum absolute atomic E-state index is 0.268. The van der Waals surface area contributed by atoms with E-state index in [4.69, 9.17) is 11.6 Å². The number of rotatable bonds is 5. The molecule has 0 radical (unpaired) electrons. The quantitative estimate of drug-likeness (QED) is 0.554. The number of para-hydroxylation sites is 1. The zero-order valence-electron chi connectivity index (χ0n) is 16.1. The normalized spacial score (nSPS) is 10.5. The summed E-state index contributed by atoms with van der Waals surface area (Å²) in [6.07, 6.45) is 0.770. The molecule has 3 aromatic rings. The molecule has 0 aromatic heterocycles. The second-order valence-corrected chi connectivity index (χ2v) is 7.00. The van der Waals surface area contributed by atoms with Gasteiger partial charge in [-0.15, -0.1) is 0 Å². The average Bonchev–Trinajstić information content (AvgIpc) is 2.70. The van der Waals surface area contributed by atoms with Gasteiger partial charge in [-0.2, -0.15) is 0 Å². The summed E-state index contributed by atoms with van der Waals surface area (Å²) in [5.74, 6) is -1.26. The van der Waals surface area contributed by atoms with Gasteiger partial charge in [0.25, 0.3) is 11.8 Å². The Morgan fingerprint density at radius 2 is 1.69 bits per heavy atom. The molecule has 0 bridgehead atoms. The molecular weight excluding hydrogens is 391 g/mol. The average molecular weight is 411 g/mol. The fourth-order valence-electron chi connectivity index (χ4n) is 3.00. The van der Waals surface area contributed by atoms with Crippen molar-refractivity contribution in [2.75, 3.05) is 10.6 Å². The first-order valence-electron chi connectivity index (χ1n) is 9.15. The van der Waals surface area contributed by atoms with E-state index in [1.165, 1.54) is 30.3 Å². The van der Waals surface area contributed by atoms with Gasteiger partial charge in [-0.05, 0) is 66.9 Å². The summed E-state index contributed by atoms with van der Waals surface area (Å²) in [4.78, 5) is 25.5. The fourth-order valence-corrected chi connectivity index (χ4v) is 3.17. The van der Waals surface area contributed by atoms with Crippen molar-refractivity contribution in [1.82, 2.24) is 0 Å². The van der Waals surface area contributed by atoms with E-state index in [2.05, 4.69) is 10.6 Å². The van der Waals surface area contributed by atoms with Crippen molar-refractivity contribution < 1.29 is 14.0 Å². The molecular formula is C23H20ClFN2O2. The Bertz CT molecular complexity index is 1060. The van der Waals surface area contributed by atoms with Gasteiger partial charge < -0.3 is 10.6 Å². The van der Waals surface area contributed by atoms with Gasteiger partial charge in [0.05, 0.1) is 11.3 Å². The van der Waals surface area contributed by atoms with Crippen LogP contribution in [-0.4, -0.2) is 11.8 Å². The van der Waals surface area contributed by atoms with Gasteiger partial charge in [0.1, 0.15) is 5.82 Å². The zero-order chi connectivity index (χ0) is 21.0. The molecule has 0 saturated carbocycles. The highest BCUT2D eigenvalue weighted by Gasteiger charge is 2.17. The summed E-state index contributed by atoms with van der Waals surface area (Å²) >= 11 is 6.07. The molecule has 0 heterocycles. The Morgan fingerprint density at radius 1 is 0.966 bits per heavy atom. The Labute approximate surface area is 173 Å². The molecule has 29 heavy (non-hydrogen) atoms. The van der Waals surface area contributed by atoms with Crippen LogP contribution in [0.25, 0.3) is 0 Å². The lowest BCUT2D eigenvalue weighted by Gasteiger charge is -2.15.